The summed E-state index contributed by atoms with van der Waals surface area (Å²) in [6.45, 7) is 0.517. The molecule has 2 rings (SSSR count). The Bertz CT molecular complexity index is 557. The minimum absolute atomic E-state index is 0.301. The molecule has 0 bridgehead atoms. The molecule has 3 N–H and O–H groups in total. The fourth-order valence-corrected chi connectivity index (χ4v) is 2.26. The highest BCUT2D eigenvalue weighted by Gasteiger charge is 2.12. The molecule has 0 aromatic carbocycles. The molecule has 2 aromatic rings. The largest absolute Gasteiger partial charge is 0.330 e. The lowest BCUT2D eigenvalue weighted by molar-refractivity contribution is 0.102. The van der Waals surface area contributed by atoms with Crippen LogP contribution >= 0.6 is 22.9 Å². The minimum atomic E-state index is -0.301. The van der Waals surface area contributed by atoms with Crippen LogP contribution in [0.3, 0.4) is 0 Å². The first-order valence-corrected chi connectivity index (χ1v) is 6.52. The number of hydrogen-bond donors (Lipinski definition) is 2. The third kappa shape index (κ3) is 3.04. The first kappa shape index (κ1) is 12.9. The van der Waals surface area contributed by atoms with Crippen molar-refractivity contribution in [2.75, 3.05) is 11.9 Å². The number of thiazole rings is 1. The van der Waals surface area contributed by atoms with Gasteiger partial charge in [-0.3, -0.25) is 9.78 Å². The number of halogens is 1. The van der Waals surface area contributed by atoms with E-state index < -0.39 is 0 Å². The van der Waals surface area contributed by atoms with Crippen LogP contribution in [-0.4, -0.2) is 22.4 Å². The first-order valence-electron chi connectivity index (χ1n) is 5.26. The summed E-state index contributed by atoms with van der Waals surface area (Å²) in [7, 11) is 0. The zero-order valence-electron chi connectivity index (χ0n) is 9.39. The van der Waals surface area contributed by atoms with Gasteiger partial charge in [0, 0.05) is 18.0 Å². The summed E-state index contributed by atoms with van der Waals surface area (Å²) >= 11 is 7.34. The van der Waals surface area contributed by atoms with Gasteiger partial charge in [-0.2, -0.15) is 0 Å². The van der Waals surface area contributed by atoms with E-state index in [2.05, 4.69) is 15.3 Å². The predicted molar refractivity (Wildman–Crippen MR) is 72.1 cm³/mol. The molecule has 2 heterocycles. The van der Waals surface area contributed by atoms with Crippen LogP contribution in [0.4, 0.5) is 5.69 Å². The van der Waals surface area contributed by atoms with Crippen molar-refractivity contribution >= 4 is 34.5 Å². The van der Waals surface area contributed by atoms with Gasteiger partial charge in [-0.15, -0.1) is 11.3 Å². The van der Waals surface area contributed by atoms with E-state index in [0.29, 0.717) is 29.4 Å². The zero-order chi connectivity index (χ0) is 13.0. The molecule has 1 amide bonds. The number of amides is 1. The smallest absolute Gasteiger partial charge is 0.275 e. The lowest BCUT2D eigenvalue weighted by Crippen LogP contribution is -2.13. The van der Waals surface area contributed by atoms with Crippen molar-refractivity contribution in [1.29, 1.82) is 0 Å². The second-order valence-corrected chi connectivity index (χ2v) is 4.82. The summed E-state index contributed by atoms with van der Waals surface area (Å²) in [5.41, 5.74) is 6.26. The number of carbonyl (C=O) groups is 1. The normalized spacial score (nSPS) is 10.3. The van der Waals surface area contributed by atoms with Gasteiger partial charge in [0.1, 0.15) is 5.69 Å². The van der Waals surface area contributed by atoms with E-state index in [4.69, 9.17) is 17.3 Å². The molecule has 18 heavy (non-hydrogen) atoms. The van der Waals surface area contributed by atoms with Crippen molar-refractivity contribution in [1.82, 2.24) is 9.97 Å². The number of nitrogens with two attached hydrogens (primary N) is 1. The number of pyridine rings is 1. The van der Waals surface area contributed by atoms with Crippen molar-refractivity contribution in [2.24, 2.45) is 5.73 Å². The van der Waals surface area contributed by atoms with Crippen LogP contribution < -0.4 is 11.1 Å². The Kier molecular flexibility index (Phi) is 4.24. The van der Waals surface area contributed by atoms with Gasteiger partial charge in [0.15, 0.2) is 0 Å². The Labute approximate surface area is 113 Å². The topological polar surface area (TPSA) is 80.9 Å². The minimum Gasteiger partial charge on any atom is -0.330 e. The molecule has 2 aromatic heterocycles. The van der Waals surface area contributed by atoms with Gasteiger partial charge in [0.05, 0.1) is 21.9 Å². The van der Waals surface area contributed by atoms with E-state index in [-0.39, 0.29) is 5.91 Å². The molecular formula is C11H11ClN4OS. The summed E-state index contributed by atoms with van der Waals surface area (Å²) in [4.78, 5) is 20.0. The van der Waals surface area contributed by atoms with Gasteiger partial charge in [-0.1, -0.05) is 11.6 Å². The summed E-state index contributed by atoms with van der Waals surface area (Å²) in [6, 6.07) is 1.61. The maximum absolute atomic E-state index is 11.9. The number of carbonyl (C=O) groups excluding carboxylic acids is 1. The highest BCUT2D eigenvalue weighted by Crippen LogP contribution is 2.20. The van der Waals surface area contributed by atoms with Crippen molar-refractivity contribution in [2.45, 2.75) is 6.42 Å². The van der Waals surface area contributed by atoms with Crippen LogP contribution in [-0.2, 0) is 6.42 Å². The third-order valence-corrected chi connectivity index (χ3v) is 3.40. The molecule has 0 radical (unpaired) electrons. The van der Waals surface area contributed by atoms with Gasteiger partial charge >= 0.3 is 0 Å². The molecule has 5 nitrogen and oxygen atoms in total. The van der Waals surface area contributed by atoms with Crippen LogP contribution in [0.5, 0.6) is 0 Å². The van der Waals surface area contributed by atoms with E-state index in [1.54, 1.807) is 17.6 Å². The Hall–Kier alpha value is -1.50. The molecule has 0 saturated heterocycles. The van der Waals surface area contributed by atoms with E-state index >= 15 is 0 Å². The summed E-state index contributed by atoms with van der Waals surface area (Å²) in [5, 5.41) is 5.65. The van der Waals surface area contributed by atoms with E-state index in [9.17, 15) is 4.79 Å². The summed E-state index contributed by atoms with van der Waals surface area (Å²) in [6.07, 6.45) is 3.72. The van der Waals surface area contributed by atoms with Gasteiger partial charge in [-0.25, -0.2) is 4.98 Å². The number of anilines is 1. The monoisotopic (exact) mass is 282 g/mol. The van der Waals surface area contributed by atoms with Gasteiger partial charge in [-0.05, 0) is 12.6 Å². The highest BCUT2D eigenvalue weighted by atomic mass is 35.5. The molecule has 0 aliphatic rings. The van der Waals surface area contributed by atoms with Crippen LogP contribution in [0, 0.1) is 0 Å². The van der Waals surface area contributed by atoms with Gasteiger partial charge in [0.2, 0.25) is 0 Å². The molecule has 0 atom stereocenters. The van der Waals surface area contributed by atoms with Crippen LogP contribution in [0.15, 0.2) is 23.8 Å². The molecule has 0 saturated carbocycles. The lowest BCUT2D eigenvalue weighted by Gasteiger charge is -2.03. The zero-order valence-corrected chi connectivity index (χ0v) is 11.0. The number of rotatable bonds is 4. The van der Waals surface area contributed by atoms with E-state index in [0.717, 1.165) is 5.01 Å². The van der Waals surface area contributed by atoms with Crippen molar-refractivity contribution < 1.29 is 4.79 Å². The number of aromatic nitrogens is 2. The molecule has 0 spiro atoms. The van der Waals surface area contributed by atoms with Crippen LogP contribution in [0.25, 0.3) is 0 Å². The average Bonchev–Trinajstić information content (AvgIpc) is 2.81. The van der Waals surface area contributed by atoms with E-state index in [1.165, 1.54) is 17.5 Å². The van der Waals surface area contributed by atoms with Crippen LogP contribution in [0.1, 0.15) is 15.5 Å². The fourth-order valence-electron chi connectivity index (χ4n) is 1.31. The SMILES string of the molecule is NCCc1nc(C(=O)Nc2cnccc2Cl)cs1. The molecular weight excluding hydrogens is 272 g/mol. The number of nitrogens with one attached hydrogen (secondary N) is 1. The molecule has 0 fully saturated rings. The van der Waals surface area contributed by atoms with Crippen molar-refractivity contribution in [3.8, 4) is 0 Å². The molecule has 7 heteroatoms. The van der Waals surface area contributed by atoms with Crippen LogP contribution in [0.2, 0.25) is 5.02 Å². The number of hydrogen-bond acceptors (Lipinski definition) is 5. The quantitative estimate of drug-likeness (QED) is 0.898. The Morgan fingerprint density at radius 2 is 2.39 bits per heavy atom. The summed E-state index contributed by atoms with van der Waals surface area (Å²) in [5.74, 6) is -0.301. The molecule has 0 unspecified atom stereocenters. The van der Waals surface area contributed by atoms with E-state index in [1.807, 2.05) is 0 Å². The highest BCUT2D eigenvalue weighted by molar-refractivity contribution is 7.09. The maximum atomic E-state index is 11.9. The maximum Gasteiger partial charge on any atom is 0.275 e. The first-order chi connectivity index (χ1) is 8.70. The van der Waals surface area contributed by atoms with Gasteiger partial charge in [0.25, 0.3) is 5.91 Å². The molecule has 94 valence electrons. The molecule has 0 aliphatic carbocycles. The Morgan fingerprint density at radius 1 is 1.56 bits per heavy atom. The lowest BCUT2D eigenvalue weighted by atomic mass is 10.3. The number of nitrogens with zero attached hydrogens (tertiary/aromatic N) is 2. The third-order valence-electron chi connectivity index (χ3n) is 2.16. The predicted octanol–water partition coefficient (Wildman–Crippen LogP) is 1.94. The average molecular weight is 283 g/mol. The fraction of sp³-hybridized carbons (Fsp3) is 0.182. The second-order valence-electron chi connectivity index (χ2n) is 3.47. The second kappa shape index (κ2) is 5.90. The Balaban J connectivity index is 2.10. The van der Waals surface area contributed by atoms with Crippen molar-refractivity contribution in [3.05, 3.63) is 39.6 Å². The Morgan fingerprint density at radius 3 is 3.11 bits per heavy atom. The van der Waals surface area contributed by atoms with Crippen molar-refractivity contribution in [3.63, 3.8) is 0 Å². The molecule has 0 aliphatic heterocycles. The standard InChI is InChI=1S/C11H11ClN4OS/c12-7-2-4-14-5-8(7)16-11(17)9-6-18-10(15-9)1-3-13/h2,4-6H,1,3,13H2,(H,16,17). The summed E-state index contributed by atoms with van der Waals surface area (Å²) < 4.78 is 0. The van der Waals surface area contributed by atoms with Gasteiger partial charge < -0.3 is 11.1 Å².